The van der Waals surface area contributed by atoms with E-state index in [2.05, 4.69) is 40.7 Å². The van der Waals surface area contributed by atoms with Crippen LogP contribution >= 0.6 is 0 Å². The van der Waals surface area contributed by atoms with E-state index in [1.807, 2.05) is 20.8 Å². The number of hydrogen-bond donors (Lipinski definition) is 0. The molecule has 2 heterocycles. The van der Waals surface area contributed by atoms with Gasteiger partial charge < -0.3 is 18.9 Å². The fourth-order valence-corrected chi connectivity index (χ4v) is 2.94. The Bertz CT molecular complexity index is 506. The molecule has 136 valence electrons. The summed E-state index contributed by atoms with van der Waals surface area (Å²) in [7, 11) is -0.333. The minimum absolute atomic E-state index is 0.223. The standard InChI is InChI=1S/C18H32BNO4/c1-9-13-12-20(15(21)22-16(2,3)4)11-10-14(13)19-23-17(5,6)18(7,8)24-19/h10,13H,9,11-12H2,1-8H3. The van der Waals surface area contributed by atoms with Crippen molar-refractivity contribution in [1.82, 2.24) is 4.90 Å². The zero-order valence-electron chi connectivity index (χ0n) is 16.4. The highest BCUT2D eigenvalue weighted by molar-refractivity contribution is 6.54. The van der Waals surface area contributed by atoms with Crippen molar-refractivity contribution in [3.05, 3.63) is 11.5 Å². The maximum atomic E-state index is 12.3. The van der Waals surface area contributed by atoms with Gasteiger partial charge in [0.15, 0.2) is 0 Å². The van der Waals surface area contributed by atoms with Crippen LogP contribution < -0.4 is 0 Å². The van der Waals surface area contributed by atoms with Gasteiger partial charge in [-0.25, -0.2) is 4.79 Å². The van der Waals surface area contributed by atoms with E-state index >= 15 is 0 Å². The number of amides is 1. The Balaban J connectivity index is 2.12. The van der Waals surface area contributed by atoms with Crippen LogP contribution in [0.25, 0.3) is 0 Å². The summed E-state index contributed by atoms with van der Waals surface area (Å²) in [4.78, 5) is 14.1. The van der Waals surface area contributed by atoms with Crippen LogP contribution in [0, 0.1) is 5.92 Å². The van der Waals surface area contributed by atoms with Gasteiger partial charge in [-0.3, -0.25) is 0 Å². The molecule has 0 radical (unpaired) electrons. The lowest BCUT2D eigenvalue weighted by molar-refractivity contribution is 0.00578. The van der Waals surface area contributed by atoms with Gasteiger partial charge in [0.1, 0.15) is 5.60 Å². The van der Waals surface area contributed by atoms with E-state index in [1.165, 1.54) is 0 Å². The summed E-state index contributed by atoms with van der Waals surface area (Å²) < 4.78 is 17.9. The molecule has 0 aromatic carbocycles. The van der Waals surface area contributed by atoms with Crippen LogP contribution in [0.15, 0.2) is 11.5 Å². The highest BCUT2D eigenvalue weighted by Crippen LogP contribution is 2.41. The minimum atomic E-state index is -0.478. The van der Waals surface area contributed by atoms with E-state index in [0.717, 1.165) is 11.9 Å². The Hall–Kier alpha value is -1.01. The summed E-state index contributed by atoms with van der Waals surface area (Å²) in [5.41, 5.74) is -0.0249. The summed E-state index contributed by atoms with van der Waals surface area (Å²) in [6.07, 6.45) is 2.74. The van der Waals surface area contributed by atoms with Crippen molar-refractivity contribution < 1.29 is 18.8 Å². The van der Waals surface area contributed by atoms with Gasteiger partial charge in [-0.1, -0.05) is 13.0 Å². The van der Waals surface area contributed by atoms with Gasteiger partial charge in [0.2, 0.25) is 0 Å². The Kier molecular flexibility index (Phi) is 5.13. The van der Waals surface area contributed by atoms with Crippen LogP contribution in [0.1, 0.15) is 61.8 Å². The number of rotatable bonds is 2. The number of carbonyl (C=O) groups excluding carboxylic acids is 1. The van der Waals surface area contributed by atoms with E-state index in [1.54, 1.807) is 4.90 Å². The molecule has 1 saturated heterocycles. The van der Waals surface area contributed by atoms with Crippen LogP contribution in [-0.4, -0.2) is 48.0 Å². The van der Waals surface area contributed by atoms with Gasteiger partial charge in [0, 0.05) is 13.1 Å². The van der Waals surface area contributed by atoms with Crippen molar-refractivity contribution in [2.24, 2.45) is 5.92 Å². The maximum absolute atomic E-state index is 12.3. The molecule has 0 aromatic heterocycles. The first-order valence-electron chi connectivity index (χ1n) is 8.90. The quantitative estimate of drug-likeness (QED) is 0.719. The SMILES string of the molecule is CCC1CN(C(=O)OC(C)(C)C)CC=C1B1OC(C)(C)C(C)(C)O1. The number of nitrogens with zero attached hydrogens (tertiary/aromatic N) is 1. The van der Waals surface area contributed by atoms with Gasteiger partial charge in [-0.2, -0.15) is 0 Å². The van der Waals surface area contributed by atoms with Crippen molar-refractivity contribution in [2.75, 3.05) is 13.1 Å². The van der Waals surface area contributed by atoms with Gasteiger partial charge in [0.05, 0.1) is 11.2 Å². The van der Waals surface area contributed by atoms with Crippen LogP contribution in [0.5, 0.6) is 0 Å². The summed E-state index contributed by atoms with van der Waals surface area (Å²) in [5, 5.41) is 0. The van der Waals surface area contributed by atoms with E-state index in [4.69, 9.17) is 14.0 Å². The predicted octanol–water partition coefficient (Wildman–Crippen LogP) is 3.82. The molecule has 0 saturated carbocycles. The van der Waals surface area contributed by atoms with Crippen LogP contribution in [0.4, 0.5) is 4.79 Å². The summed E-state index contributed by atoms with van der Waals surface area (Å²) in [5.74, 6) is 0.223. The molecule has 24 heavy (non-hydrogen) atoms. The topological polar surface area (TPSA) is 48.0 Å². The van der Waals surface area contributed by atoms with Crippen LogP contribution in [-0.2, 0) is 14.0 Å². The van der Waals surface area contributed by atoms with Crippen molar-refractivity contribution in [3.8, 4) is 0 Å². The van der Waals surface area contributed by atoms with Gasteiger partial charge in [0.25, 0.3) is 0 Å². The highest BCUT2D eigenvalue weighted by Gasteiger charge is 2.53. The molecule has 0 aromatic rings. The van der Waals surface area contributed by atoms with Gasteiger partial charge in [-0.15, -0.1) is 0 Å². The van der Waals surface area contributed by atoms with E-state index < -0.39 is 5.60 Å². The third-order valence-electron chi connectivity index (χ3n) is 5.13. The molecular weight excluding hydrogens is 305 g/mol. The third-order valence-corrected chi connectivity index (χ3v) is 5.13. The van der Waals surface area contributed by atoms with E-state index in [0.29, 0.717) is 13.1 Å². The lowest BCUT2D eigenvalue weighted by Crippen LogP contribution is -2.44. The molecule has 2 aliphatic heterocycles. The molecule has 0 aliphatic carbocycles. The molecule has 1 fully saturated rings. The molecule has 1 unspecified atom stereocenters. The fraction of sp³-hybridized carbons (Fsp3) is 0.833. The second-order valence-corrected chi connectivity index (χ2v) is 8.78. The summed E-state index contributed by atoms with van der Waals surface area (Å²) in [6, 6.07) is 0. The third kappa shape index (κ3) is 3.97. The molecular formula is C18H32BNO4. The van der Waals surface area contributed by atoms with Crippen molar-refractivity contribution in [1.29, 1.82) is 0 Å². The largest absolute Gasteiger partial charge is 0.490 e. The van der Waals surface area contributed by atoms with Crippen LogP contribution in [0.2, 0.25) is 0 Å². The van der Waals surface area contributed by atoms with Gasteiger partial charge >= 0.3 is 13.2 Å². The molecule has 2 rings (SSSR count). The van der Waals surface area contributed by atoms with Crippen molar-refractivity contribution >= 4 is 13.2 Å². The molecule has 5 nitrogen and oxygen atoms in total. The highest BCUT2D eigenvalue weighted by atomic mass is 16.7. The molecule has 0 spiro atoms. The maximum Gasteiger partial charge on any atom is 0.490 e. The Labute approximate surface area is 146 Å². The average molecular weight is 337 g/mol. The molecule has 1 amide bonds. The number of hydrogen-bond acceptors (Lipinski definition) is 4. The van der Waals surface area contributed by atoms with Crippen LogP contribution in [0.3, 0.4) is 0 Å². The van der Waals surface area contributed by atoms with E-state index in [9.17, 15) is 4.79 Å². The van der Waals surface area contributed by atoms with Crippen molar-refractivity contribution in [3.63, 3.8) is 0 Å². The summed E-state index contributed by atoms with van der Waals surface area (Å²) in [6.45, 7) is 17.2. The second-order valence-electron chi connectivity index (χ2n) is 8.78. The lowest BCUT2D eigenvalue weighted by atomic mass is 9.68. The molecule has 1 atom stereocenters. The molecule has 2 aliphatic rings. The molecule has 0 N–H and O–H groups in total. The number of ether oxygens (including phenoxy) is 1. The lowest BCUT2D eigenvalue weighted by Gasteiger charge is -2.34. The molecule has 6 heteroatoms. The smallest absolute Gasteiger partial charge is 0.444 e. The van der Waals surface area contributed by atoms with E-state index in [-0.39, 0.29) is 30.3 Å². The normalized spacial score (nSPS) is 26.3. The average Bonchev–Trinajstić information content (AvgIpc) is 2.64. The Morgan fingerprint density at radius 3 is 2.29 bits per heavy atom. The predicted molar refractivity (Wildman–Crippen MR) is 95.8 cm³/mol. The zero-order chi connectivity index (χ0) is 18.3. The zero-order valence-corrected chi connectivity index (χ0v) is 16.4. The first-order valence-corrected chi connectivity index (χ1v) is 8.90. The fourth-order valence-electron chi connectivity index (χ4n) is 2.94. The van der Waals surface area contributed by atoms with Gasteiger partial charge in [-0.05, 0) is 66.3 Å². The Morgan fingerprint density at radius 2 is 1.83 bits per heavy atom. The summed E-state index contributed by atoms with van der Waals surface area (Å²) >= 11 is 0. The first-order chi connectivity index (χ1) is 10.9. The minimum Gasteiger partial charge on any atom is -0.444 e. The first kappa shape index (κ1) is 19.3. The number of carbonyl (C=O) groups is 1. The Morgan fingerprint density at radius 1 is 1.29 bits per heavy atom. The second kappa shape index (κ2) is 6.38. The molecule has 0 bridgehead atoms. The van der Waals surface area contributed by atoms with Crippen molar-refractivity contribution in [2.45, 2.75) is 78.6 Å². The monoisotopic (exact) mass is 337 g/mol.